The average Bonchev–Trinajstić information content (AvgIpc) is 2.60. The molecule has 1 aromatic heterocycles. The topological polar surface area (TPSA) is 84.0 Å². The molecule has 28 heavy (non-hydrogen) atoms. The van der Waals surface area contributed by atoms with Gasteiger partial charge in [0.15, 0.2) is 0 Å². The van der Waals surface area contributed by atoms with Crippen molar-refractivity contribution in [1.29, 1.82) is 0 Å². The standard InChI is InChI=1S/C21H24N4O2S/c1-14-9-10-18(15(2)11-14)13-22-19-7-5-6-8-20(19)28(26,27)25-21-23-16(3)12-17(4)24-21/h5-12,22H,13H2,1-4H3,(H,23,24,25). The molecule has 2 N–H and O–H groups in total. The lowest BCUT2D eigenvalue weighted by molar-refractivity contribution is 0.601. The fraction of sp³-hybridized carbons (Fsp3) is 0.238. The fourth-order valence-electron chi connectivity index (χ4n) is 3.03. The van der Waals surface area contributed by atoms with Gasteiger partial charge in [-0.05, 0) is 57.0 Å². The fourth-order valence-corrected chi connectivity index (χ4v) is 4.16. The molecule has 0 atom stereocenters. The summed E-state index contributed by atoms with van der Waals surface area (Å²) in [5.74, 6) is 0.0710. The Morgan fingerprint density at radius 1 is 0.893 bits per heavy atom. The maximum atomic E-state index is 12.9. The quantitative estimate of drug-likeness (QED) is 0.655. The third-order valence-electron chi connectivity index (χ3n) is 4.35. The minimum atomic E-state index is -3.84. The molecule has 0 saturated heterocycles. The molecule has 0 unspecified atom stereocenters. The van der Waals surface area contributed by atoms with E-state index in [4.69, 9.17) is 0 Å². The SMILES string of the molecule is Cc1ccc(CNc2ccccc2S(=O)(=O)Nc2nc(C)cc(C)n2)c(C)c1. The van der Waals surface area contributed by atoms with Gasteiger partial charge < -0.3 is 5.32 Å². The Bertz CT molecular complexity index is 1090. The van der Waals surface area contributed by atoms with Crippen LogP contribution in [0.15, 0.2) is 53.4 Å². The third kappa shape index (κ3) is 4.67. The first kappa shape index (κ1) is 19.8. The molecule has 0 aliphatic rings. The molecular weight excluding hydrogens is 372 g/mol. The van der Waals surface area contributed by atoms with Crippen molar-refractivity contribution in [2.75, 3.05) is 10.0 Å². The number of rotatable bonds is 6. The lowest BCUT2D eigenvalue weighted by Gasteiger charge is -2.14. The highest BCUT2D eigenvalue weighted by Gasteiger charge is 2.20. The second-order valence-electron chi connectivity index (χ2n) is 6.86. The van der Waals surface area contributed by atoms with Crippen LogP contribution in [0.1, 0.15) is 28.1 Å². The smallest absolute Gasteiger partial charge is 0.266 e. The number of hydrogen-bond donors (Lipinski definition) is 2. The van der Waals surface area contributed by atoms with Crippen LogP contribution in [0.5, 0.6) is 0 Å². The van der Waals surface area contributed by atoms with Gasteiger partial charge in [0, 0.05) is 17.9 Å². The summed E-state index contributed by atoms with van der Waals surface area (Å²) in [6, 6.07) is 14.8. The molecular formula is C21H24N4O2S. The van der Waals surface area contributed by atoms with Crippen LogP contribution in [0, 0.1) is 27.7 Å². The molecule has 3 aromatic rings. The van der Waals surface area contributed by atoms with Crippen molar-refractivity contribution in [2.45, 2.75) is 39.1 Å². The Morgan fingerprint density at radius 3 is 2.25 bits per heavy atom. The Morgan fingerprint density at radius 2 is 1.57 bits per heavy atom. The molecule has 0 fully saturated rings. The van der Waals surface area contributed by atoms with Crippen LogP contribution in [0.3, 0.4) is 0 Å². The second kappa shape index (κ2) is 7.98. The number of para-hydroxylation sites is 1. The monoisotopic (exact) mass is 396 g/mol. The normalized spacial score (nSPS) is 11.3. The van der Waals surface area contributed by atoms with E-state index in [1.54, 1.807) is 44.2 Å². The van der Waals surface area contributed by atoms with Gasteiger partial charge in [-0.3, -0.25) is 0 Å². The summed E-state index contributed by atoms with van der Waals surface area (Å²) in [5, 5.41) is 3.24. The second-order valence-corrected chi connectivity index (χ2v) is 8.51. The molecule has 1 heterocycles. The molecule has 6 nitrogen and oxygen atoms in total. The van der Waals surface area contributed by atoms with E-state index < -0.39 is 10.0 Å². The van der Waals surface area contributed by atoms with Gasteiger partial charge in [-0.1, -0.05) is 35.9 Å². The highest BCUT2D eigenvalue weighted by Crippen LogP contribution is 2.24. The summed E-state index contributed by atoms with van der Waals surface area (Å²) in [5.41, 5.74) is 5.40. The van der Waals surface area contributed by atoms with Crippen LogP contribution >= 0.6 is 0 Å². The zero-order chi connectivity index (χ0) is 20.3. The molecule has 0 amide bonds. The van der Waals surface area contributed by atoms with Crippen LogP contribution in [-0.2, 0) is 16.6 Å². The number of anilines is 2. The van der Waals surface area contributed by atoms with E-state index in [2.05, 4.69) is 32.1 Å². The van der Waals surface area contributed by atoms with E-state index in [9.17, 15) is 8.42 Å². The summed E-state index contributed by atoms with van der Waals surface area (Å²) < 4.78 is 28.4. The number of aromatic nitrogens is 2. The highest BCUT2D eigenvalue weighted by molar-refractivity contribution is 7.92. The first-order chi connectivity index (χ1) is 13.2. The zero-order valence-electron chi connectivity index (χ0n) is 16.4. The van der Waals surface area contributed by atoms with Gasteiger partial charge >= 0.3 is 0 Å². The van der Waals surface area contributed by atoms with Gasteiger partial charge in [0.1, 0.15) is 4.90 Å². The first-order valence-corrected chi connectivity index (χ1v) is 10.5. The van der Waals surface area contributed by atoms with E-state index >= 15 is 0 Å². The van der Waals surface area contributed by atoms with Crippen LogP contribution in [0.2, 0.25) is 0 Å². The van der Waals surface area contributed by atoms with Gasteiger partial charge in [-0.2, -0.15) is 0 Å². The molecule has 0 aliphatic carbocycles. The van der Waals surface area contributed by atoms with E-state index in [1.807, 2.05) is 19.9 Å². The van der Waals surface area contributed by atoms with Crippen molar-refractivity contribution in [3.63, 3.8) is 0 Å². The summed E-state index contributed by atoms with van der Waals surface area (Å²) in [6.07, 6.45) is 0. The Hall–Kier alpha value is -2.93. The van der Waals surface area contributed by atoms with Gasteiger partial charge in [0.05, 0.1) is 5.69 Å². The first-order valence-electron chi connectivity index (χ1n) is 8.99. The molecule has 3 rings (SSSR count). The van der Waals surface area contributed by atoms with Crippen molar-refractivity contribution in [2.24, 2.45) is 0 Å². The van der Waals surface area contributed by atoms with Crippen molar-refractivity contribution in [3.8, 4) is 0 Å². The lowest BCUT2D eigenvalue weighted by atomic mass is 10.1. The van der Waals surface area contributed by atoms with Crippen LogP contribution < -0.4 is 10.0 Å². The Kier molecular flexibility index (Phi) is 5.65. The predicted molar refractivity (Wildman–Crippen MR) is 112 cm³/mol. The van der Waals surface area contributed by atoms with E-state index in [0.717, 1.165) is 11.1 Å². The summed E-state index contributed by atoms with van der Waals surface area (Å²) in [4.78, 5) is 8.49. The van der Waals surface area contributed by atoms with Crippen LogP contribution in [-0.4, -0.2) is 18.4 Å². The van der Waals surface area contributed by atoms with Gasteiger partial charge in [-0.25, -0.2) is 23.1 Å². The summed E-state index contributed by atoms with van der Waals surface area (Å²) in [6.45, 7) is 8.22. The number of nitrogens with zero attached hydrogens (tertiary/aromatic N) is 2. The maximum Gasteiger partial charge on any atom is 0.266 e. The molecule has 0 saturated carbocycles. The van der Waals surface area contributed by atoms with E-state index in [1.165, 1.54) is 5.56 Å². The van der Waals surface area contributed by atoms with Crippen molar-refractivity contribution in [3.05, 3.63) is 76.6 Å². The number of hydrogen-bond acceptors (Lipinski definition) is 5. The minimum absolute atomic E-state index is 0.0710. The molecule has 0 radical (unpaired) electrons. The molecule has 0 aliphatic heterocycles. The van der Waals surface area contributed by atoms with Gasteiger partial charge in [0.25, 0.3) is 10.0 Å². The number of nitrogens with one attached hydrogen (secondary N) is 2. The van der Waals surface area contributed by atoms with Gasteiger partial charge in [-0.15, -0.1) is 0 Å². The average molecular weight is 397 g/mol. The highest BCUT2D eigenvalue weighted by atomic mass is 32.2. The predicted octanol–water partition coefficient (Wildman–Crippen LogP) is 4.12. The number of aryl methyl sites for hydroxylation is 4. The Labute approximate surface area is 166 Å². The van der Waals surface area contributed by atoms with Crippen molar-refractivity contribution < 1.29 is 8.42 Å². The molecule has 0 bridgehead atoms. The largest absolute Gasteiger partial charge is 0.380 e. The minimum Gasteiger partial charge on any atom is -0.380 e. The maximum absolute atomic E-state index is 12.9. The molecule has 7 heteroatoms. The van der Waals surface area contributed by atoms with Crippen molar-refractivity contribution >= 4 is 21.7 Å². The zero-order valence-corrected chi connectivity index (χ0v) is 17.3. The summed E-state index contributed by atoms with van der Waals surface area (Å²) in [7, 11) is -3.84. The van der Waals surface area contributed by atoms with E-state index in [-0.39, 0.29) is 10.8 Å². The molecule has 2 aromatic carbocycles. The number of benzene rings is 2. The molecule has 0 spiro atoms. The summed E-state index contributed by atoms with van der Waals surface area (Å²) >= 11 is 0. The van der Waals surface area contributed by atoms with Crippen LogP contribution in [0.25, 0.3) is 0 Å². The van der Waals surface area contributed by atoms with Crippen LogP contribution in [0.4, 0.5) is 11.6 Å². The van der Waals surface area contributed by atoms with E-state index in [0.29, 0.717) is 23.6 Å². The molecule has 146 valence electrons. The van der Waals surface area contributed by atoms with Gasteiger partial charge in [0.2, 0.25) is 5.95 Å². The van der Waals surface area contributed by atoms with Crippen molar-refractivity contribution in [1.82, 2.24) is 9.97 Å². The third-order valence-corrected chi connectivity index (χ3v) is 5.74. The Balaban J connectivity index is 1.86. The lowest BCUT2D eigenvalue weighted by Crippen LogP contribution is -2.17. The number of sulfonamides is 1.